The summed E-state index contributed by atoms with van der Waals surface area (Å²) in [7, 11) is 0. The van der Waals surface area contributed by atoms with E-state index in [-0.39, 0.29) is 30.4 Å². The maximum atomic E-state index is 13.9. The lowest BCUT2D eigenvalue weighted by Crippen LogP contribution is -2.43. The molecule has 1 saturated heterocycles. The smallest absolute Gasteiger partial charge is 0.269 e. The number of halogens is 1. The van der Waals surface area contributed by atoms with Crippen molar-refractivity contribution >= 4 is 11.6 Å². The summed E-state index contributed by atoms with van der Waals surface area (Å²) in [6.45, 7) is 1.06. The van der Waals surface area contributed by atoms with Crippen molar-refractivity contribution in [3.63, 3.8) is 0 Å². The van der Waals surface area contributed by atoms with E-state index in [0.29, 0.717) is 24.3 Å². The molecule has 0 aromatic heterocycles. The Bertz CT molecular complexity index is 779. The summed E-state index contributed by atoms with van der Waals surface area (Å²) in [4.78, 5) is 24.3. The quantitative estimate of drug-likeness (QED) is 0.631. The second-order valence-corrected chi connectivity index (χ2v) is 5.82. The van der Waals surface area contributed by atoms with Gasteiger partial charge >= 0.3 is 0 Å². The molecule has 0 radical (unpaired) electrons. The molecule has 6 nitrogen and oxygen atoms in total. The lowest BCUT2D eigenvalue weighted by Gasteiger charge is -2.33. The van der Waals surface area contributed by atoms with Crippen molar-refractivity contribution in [2.45, 2.75) is 12.5 Å². The van der Waals surface area contributed by atoms with Gasteiger partial charge in [0.15, 0.2) is 0 Å². The minimum Gasteiger partial charge on any atom is -0.370 e. The monoisotopic (exact) mass is 344 g/mol. The highest BCUT2D eigenvalue weighted by atomic mass is 19.1. The Labute approximate surface area is 144 Å². The van der Waals surface area contributed by atoms with Gasteiger partial charge in [0.1, 0.15) is 11.9 Å². The van der Waals surface area contributed by atoms with Crippen LogP contribution < -0.4 is 0 Å². The number of nitro benzene ring substituents is 1. The van der Waals surface area contributed by atoms with Crippen molar-refractivity contribution in [1.82, 2.24) is 4.90 Å². The SMILES string of the molecule is O=C(Cc1ccc([N+](=O)[O-])cc1)N1CCOC(c2ccccc2F)C1. The molecule has 2 aromatic rings. The molecule has 7 heteroatoms. The van der Waals surface area contributed by atoms with E-state index in [1.807, 2.05) is 0 Å². The molecular formula is C18H17FN2O4. The molecule has 0 aliphatic carbocycles. The first-order chi connectivity index (χ1) is 12.0. The highest BCUT2D eigenvalue weighted by molar-refractivity contribution is 5.79. The van der Waals surface area contributed by atoms with Gasteiger partial charge in [-0.3, -0.25) is 14.9 Å². The lowest BCUT2D eigenvalue weighted by molar-refractivity contribution is -0.384. The minimum atomic E-state index is -0.490. The minimum absolute atomic E-state index is 0.0119. The molecule has 1 heterocycles. The second-order valence-electron chi connectivity index (χ2n) is 5.82. The summed E-state index contributed by atoms with van der Waals surface area (Å²) in [5.74, 6) is -0.462. The number of hydrogen-bond acceptors (Lipinski definition) is 4. The van der Waals surface area contributed by atoms with Gasteiger partial charge in [-0.15, -0.1) is 0 Å². The average Bonchev–Trinajstić information content (AvgIpc) is 2.62. The zero-order valence-electron chi connectivity index (χ0n) is 13.4. The number of morpholine rings is 1. The number of rotatable bonds is 4. The average molecular weight is 344 g/mol. The van der Waals surface area contributed by atoms with Crippen molar-refractivity contribution in [3.8, 4) is 0 Å². The van der Waals surface area contributed by atoms with Gasteiger partial charge in [0, 0.05) is 24.2 Å². The molecule has 0 spiro atoms. The van der Waals surface area contributed by atoms with Gasteiger partial charge < -0.3 is 9.64 Å². The Balaban J connectivity index is 1.66. The summed E-state index contributed by atoms with van der Waals surface area (Å²) in [5.41, 5.74) is 1.13. The maximum absolute atomic E-state index is 13.9. The number of non-ortho nitro benzene ring substituents is 1. The van der Waals surface area contributed by atoms with Gasteiger partial charge in [0.25, 0.3) is 5.69 Å². The highest BCUT2D eigenvalue weighted by Gasteiger charge is 2.27. The standard InChI is InChI=1S/C18H17FN2O4/c19-16-4-2-1-3-15(16)17-12-20(9-10-25-17)18(22)11-13-5-7-14(8-6-13)21(23)24/h1-8,17H,9-12H2. The van der Waals surface area contributed by atoms with Crippen molar-refractivity contribution in [2.75, 3.05) is 19.7 Å². The number of benzene rings is 2. The van der Waals surface area contributed by atoms with E-state index in [9.17, 15) is 19.3 Å². The Kier molecular flexibility index (Phi) is 5.04. The van der Waals surface area contributed by atoms with Crippen LogP contribution in [0.5, 0.6) is 0 Å². The number of nitrogens with zero attached hydrogens (tertiary/aromatic N) is 2. The molecule has 3 rings (SSSR count). The van der Waals surface area contributed by atoms with Crippen molar-refractivity contribution in [3.05, 3.63) is 75.6 Å². The number of hydrogen-bond donors (Lipinski definition) is 0. The van der Waals surface area contributed by atoms with Crippen LogP contribution in [0.3, 0.4) is 0 Å². The number of amides is 1. The van der Waals surface area contributed by atoms with E-state index in [1.54, 1.807) is 35.2 Å². The Hall–Kier alpha value is -2.80. The molecule has 1 fully saturated rings. The molecule has 0 N–H and O–H groups in total. The molecule has 1 amide bonds. The molecular weight excluding hydrogens is 327 g/mol. The van der Waals surface area contributed by atoms with Crippen LogP contribution in [0.15, 0.2) is 48.5 Å². The predicted octanol–water partition coefficient (Wildman–Crippen LogP) is 2.88. The maximum Gasteiger partial charge on any atom is 0.269 e. The van der Waals surface area contributed by atoms with Crippen molar-refractivity contribution in [2.24, 2.45) is 0 Å². The number of ether oxygens (including phenoxy) is 1. The summed E-state index contributed by atoms with van der Waals surface area (Å²) < 4.78 is 19.5. The predicted molar refractivity (Wildman–Crippen MR) is 88.5 cm³/mol. The topological polar surface area (TPSA) is 72.7 Å². The molecule has 2 aromatic carbocycles. The molecule has 1 aliphatic heterocycles. The molecule has 1 atom stereocenters. The molecule has 130 valence electrons. The van der Waals surface area contributed by atoms with Crippen LogP contribution in [0.1, 0.15) is 17.2 Å². The first-order valence-electron chi connectivity index (χ1n) is 7.92. The second kappa shape index (κ2) is 7.40. The zero-order valence-corrected chi connectivity index (χ0v) is 13.4. The highest BCUT2D eigenvalue weighted by Crippen LogP contribution is 2.25. The Morgan fingerprint density at radius 1 is 1.24 bits per heavy atom. The normalized spacial score (nSPS) is 17.3. The zero-order chi connectivity index (χ0) is 17.8. The summed E-state index contributed by atoms with van der Waals surface area (Å²) in [6.07, 6.45) is -0.349. The van der Waals surface area contributed by atoms with E-state index < -0.39 is 11.0 Å². The summed E-state index contributed by atoms with van der Waals surface area (Å²) >= 11 is 0. The third-order valence-corrected chi connectivity index (χ3v) is 4.17. The van der Waals surface area contributed by atoms with Gasteiger partial charge in [-0.25, -0.2) is 4.39 Å². The molecule has 25 heavy (non-hydrogen) atoms. The fourth-order valence-corrected chi connectivity index (χ4v) is 2.82. The van der Waals surface area contributed by atoms with Crippen LogP contribution in [-0.2, 0) is 16.0 Å². The summed E-state index contributed by atoms with van der Waals surface area (Å²) in [5, 5.41) is 10.7. The fraction of sp³-hybridized carbons (Fsp3) is 0.278. The van der Waals surface area contributed by atoms with Gasteiger partial charge in [-0.05, 0) is 11.6 Å². The number of carbonyl (C=O) groups excluding carboxylic acids is 1. The Morgan fingerprint density at radius 2 is 1.96 bits per heavy atom. The molecule has 0 saturated carbocycles. The first-order valence-corrected chi connectivity index (χ1v) is 7.92. The van der Waals surface area contributed by atoms with Crippen molar-refractivity contribution in [1.29, 1.82) is 0 Å². The van der Waals surface area contributed by atoms with E-state index >= 15 is 0 Å². The van der Waals surface area contributed by atoms with Crippen LogP contribution in [0.4, 0.5) is 10.1 Å². The van der Waals surface area contributed by atoms with Gasteiger partial charge in [0.05, 0.1) is 24.5 Å². The third kappa shape index (κ3) is 4.00. The Morgan fingerprint density at radius 3 is 2.64 bits per heavy atom. The van der Waals surface area contributed by atoms with E-state index in [1.165, 1.54) is 18.2 Å². The van der Waals surface area contributed by atoms with Gasteiger partial charge in [-0.1, -0.05) is 30.3 Å². The van der Waals surface area contributed by atoms with Gasteiger partial charge in [0.2, 0.25) is 5.91 Å². The lowest BCUT2D eigenvalue weighted by atomic mass is 10.1. The largest absolute Gasteiger partial charge is 0.370 e. The van der Waals surface area contributed by atoms with E-state index in [2.05, 4.69) is 0 Å². The molecule has 0 bridgehead atoms. The van der Waals surface area contributed by atoms with Crippen LogP contribution >= 0.6 is 0 Å². The first kappa shape index (κ1) is 17.0. The van der Waals surface area contributed by atoms with E-state index in [4.69, 9.17) is 4.74 Å². The van der Waals surface area contributed by atoms with Crippen LogP contribution in [0.2, 0.25) is 0 Å². The van der Waals surface area contributed by atoms with Crippen LogP contribution in [-0.4, -0.2) is 35.4 Å². The van der Waals surface area contributed by atoms with E-state index in [0.717, 1.165) is 0 Å². The van der Waals surface area contributed by atoms with Crippen LogP contribution in [0.25, 0.3) is 0 Å². The van der Waals surface area contributed by atoms with Crippen LogP contribution in [0, 0.1) is 15.9 Å². The summed E-state index contributed by atoms with van der Waals surface area (Å²) in [6, 6.07) is 12.3. The molecule has 1 aliphatic rings. The molecule has 1 unspecified atom stereocenters. The third-order valence-electron chi connectivity index (χ3n) is 4.17. The van der Waals surface area contributed by atoms with Crippen molar-refractivity contribution < 1.29 is 18.8 Å². The number of nitro groups is 1. The fourth-order valence-electron chi connectivity index (χ4n) is 2.82. The van der Waals surface area contributed by atoms with Gasteiger partial charge in [-0.2, -0.15) is 0 Å². The number of carbonyl (C=O) groups is 1.